The smallest absolute Gasteiger partial charge is 0.150 e. The van der Waals surface area contributed by atoms with Gasteiger partial charge >= 0.3 is 0 Å². The molecule has 1 aromatic carbocycles. The Morgan fingerprint density at radius 3 is 2.24 bits per heavy atom. The average Bonchev–Trinajstić information content (AvgIpc) is 2.66. The lowest BCUT2D eigenvalue weighted by molar-refractivity contribution is 0.865. The molecule has 0 radical (unpaired) electrons. The maximum absolute atomic E-state index is 5.96. The molecule has 0 aliphatic heterocycles. The molecule has 0 atom stereocenters. The molecular weight excluding hydrogens is 212 g/mol. The van der Waals surface area contributed by atoms with Crippen LogP contribution in [0.15, 0.2) is 24.3 Å². The topological polar surface area (TPSA) is 69.9 Å². The number of imidazole rings is 1. The maximum atomic E-state index is 5.96. The molecule has 4 heteroatoms. The van der Waals surface area contributed by atoms with E-state index >= 15 is 0 Å². The van der Waals surface area contributed by atoms with Crippen molar-refractivity contribution in [2.24, 2.45) is 0 Å². The monoisotopic (exact) mass is 230 g/mol. The fraction of sp³-hybridized carbons (Fsp3) is 0.308. The highest BCUT2D eigenvalue weighted by Gasteiger charge is 2.12. The SMILES string of the molecule is CCc1ccc(-c2nc(CC)n(N)c2N)cc1. The molecule has 4 nitrogen and oxygen atoms in total. The van der Waals surface area contributed by atoms with Crippen molar-refractivity contribution in [1.82, 2.24) is 9.66 Å². The lowest BCUT2D eigenvalue weighted by atomic mass is 10.1. The number of nitrogen functional groups attached to an aromatic ring is 2. The summed E-state index contributed by atoms with van der Waals surface area (Å²) in [6, 6.07) is 8.26. The van der Waals surface area contributed by atoms with Crippen LogP contribution in [0.2, 0.25) is 0 Å². The molecule has 0 aliphatic carbocycles. The zero-order valence-corrected chi connectivity index (χ0v) is 10.3. The first-order chi connectivity index (χ1) is 8.17. The van der Waals surface area contributed by atoms with Crippen molar-refractivity contribution in [2.75, 3.05) is 11.6 Å². The number of hydrogen-bond donors (Lipinski definition) is 2. The highest BCUT2D eigenvalue weighted by atomic mass is 15.4. The molecule has 0 bridgehead atoms. The largest absolute Gasteiger partial charge is 0.382 e. The molecule has 1 aromatic heterocycles. The van der Waals surface area contributed by atoms with Gasteiger partial charge in [0, 0.05) is 12.0 Å². The van der Waals surface area contributed by atoms with Crippen LogP contribution in [0.25, 0.3) is 11.3 Å². The number of anilines is 1. The number of benzene rings is 1. The molecule has 17 heavy (non-hydrogen) atoms. The van der Waals surface area contributed by atoms with Crippen molar-refractivity contribution in [3.05, 3.63) is 35.7 Å². The Kier molecular flexibility index (Phi) is 3.04. The number of nitrogens with two attached hydrogens (primary N) is 2. The molecule has 0 saturated carbocycles. The van der Waals surface area contributed by atoms with E-state index in [-0.39, 0.29) is 0 Å². The highest BCUT2D eigenvalue weighted by molar-refractivity contribution is 5.71. The first-order valence-corrected chi connectivity index (χ1v) is 5.88. The van der Waals surface area contributed by atoms with Gasteiger partial charge in [-0.15, -0.1) is 0 Å². The highest BCUT2D eigenvalue weighted by Crippen LogP contribution is 2.25. The summed E-state index contributed by atoms with van der Waals surface area (Å²) in [5.74, 6) is 7.16. The summed E-state index contributed by atoms with van der Waals surface area (Å²) >= 11 is 0. The third-order valence-electron chi connectivity index (χ3n) is 2.97. The van der Waals surface area contributed by atoms with Crippen LogP contribution in [-0.2, 0) is 12.8 Å². The normalized spacial score (nSPS) is 10.7. The van der Waals surface area contributed by atoms with Crippen LogP contribution >= 0.6 is 0 Å². The van der Waals surface area contributed by atoms with Gasteiger partial charge < -0.3 is 11.6 Å². The standard InChI is InChI=1S/C13H18N4/c1-3-9-5-7-10(8-6-9)12-13(14)17(15)11(4-2)16-12/h5-8H,3-4,14-15H2,1-2H3. The third kappa shape index (κ3) is 1.98. The molecule has 0 fully saturated rings. The van der Waals surface area contributed by atoms with Gasteiger partial charge in [0.05, 0.1) is 0 Å². The Balaban J connectivity index is 2.45. The number of hydrogen-bond acceptors (Lipinski definition) is 3. The Bertz CT molecular complexity index is 511. The molecule has 0 saturated heterocycles. The number of rotatable bonds is 3. The van der Waals surface area contributed by atoms with Gasteiger partial charge in [0.15, 0.2) is 5.82 Å². The van der Waals surface area contributed by atoms with Gasteiger partial charge in [0.1, 0.15) is 11.5 Å². The second-order valence-electron chi connectivity index (χ2n) is 4.04. The van der Waals surface area contributed by atoms with Crippen LogP contribution in [0.3, 0.4) is 0 Å². The van der Waals surface area contributed by atoms with E-state index in [0.717, 1.165) is 29.9 Å². The summed E-state index contributed by atoms with van der Waals surface area (Å²) in [7, 11) is 0. The second kappa shape index (κ2) is 4.49. The van der Waals surface area contributed by atoms with Crippen LogP contribution in [0, 0.1) is 0 Å². The minimum atomic E-state index is 0.520. The predicted molar refractivity (Wildman–Crippen MR) is 71.0 cm³/mol. The summed E-state index contributed by atoms with van der Waals surface area (Å²) in [5.41, 5.74) is 9.04. The van der Waals surface area contributed by atoms with E-state index < -0.39 is 0 Å². The van der Waals surface area contributed by atoms with E-state index in [1.165, 1.54) is 10.2 Å². The summed E-state index contributed by atoms with van der Waals surface area (Å²) < 4.78 is 1.46. The summed E-state index contributed by atoms with van der Waals surface area (Å²) in [5, 5.41) is 0. The molecule has 0 unspecified atom stereocenters. The summed E-state index contributed by atoms with van der Waals surface area (Å²) in [6.07, 6.45) is 1.80. The third-order valence-corrected chi connectivity index (χ3v) is 2.97. The van der Waals surface area contributed by atoms with Crippen molar-refractivity contribution in [1.29, 1.82) is 0 Å². The zero-order valence-electron chi connectivity index (χ0n) is 10.3. The van der Waals surface area contributed by atoms with Crippen LogP contribution in [-0.4, -0.2) is 9.66 Å². The van der Waals surface area contributed by atoms with Gasteiger partial charge in [-0.05, 0) is 12.0 Å². The van der Waals surface area contributed by atoms with Crippen LogP contribution in [0.5, 0.6) is 0 Å². The molecule has 2 aromatic rings. The van der Waals surface area contributed by atoms with Gasteiger partial charge in [0.2, 0.25) is 0 Å². The average molecular weight is 230 g/mol. The molecule has 0 amide bonds. The maximum Gasteiger partial charge on any atom is 0.150 e. The van der Waals surface area contributed by atoms with E-state index in [9.17, 15) is 0 Å². The number of nitrogens with zero attached hydrogens (tertiary/aromatic N) is 2. The molecular formula is C13H18N4. The quantitative estimate of drug-likeness (QED) is 0.792. The second-order valence-corrected chi connectivity index (χ2v) is 4.04. The number of aromatic nitrogens is 2. The number of aryl methyl sites for hydroxylation is 2. The minimum absolute atomic E-state index is 0.520. The molecule has 0 spiro atoms. The van der Waals surface area contributed by atoms with Crippen molar-refractivity contribution >= 4 is 5.82 Å². The molecule has 4 N–H and O–H groups in total. The predicted octanol–water partition coefficient (Wildman–Crippen LogP) is 1.97. The van der Waals surface area contributed by atoms with Crippen LogP contribution in [0.4, 0.5) is 5.82 Å². The van der Waals surface area contributed by atoms with E-state index in [0.29, 0.717) is 5.82 Å². The van der Waals surface area contributed by atoms with Crippen molar-refractivity contribution in [3.8, 4) is 11.3 Å². The Morgan fingerprint density at radius 2 is 1.76 bits per heavy atom. The van der Waals surface area contributed by atoms with Gasteiger partial charge in [-0.25, -0.2) is 9.66 Å². The fourth-order valence-electron chi connectivity index (χ4n) is 1.85. The lowest BCUT2D eigenvalue weighted by Crippen LogP contribution is -2.14. The summed E-state index contributed by atoms with van der Waals surface area (Å²) in [4.78, 5) is 4.47. The van der Waals surface area contributed by atoms with Crippen molar-refractivity contribution < 1.29 is 0 Å². The molecule has 1 heterocycles. The van der Waals surface area contributed by atoms with E-state index in [1.54, 1.807) is 0 Å². The van der Waals surface area contributed by atoms with E-state index in [1.807, 2.05) is 19.1 Å². The van der Waals surface area contributed by atoms with Gasteiger partial charge in [-0.1, -0.05) is 38.1 Å². The lowest BCUT2D eigenvalue weighted by Gasteiger charge is -2.02. The molecule has 2 rings (SSSR count). The first-order valence-electron chi connectivity index (χ1n) is 5.88. The molecule has 0 aliphatic rings. The molecule has 90 valence electrons. The minimum Gasteiger partial charge on any atom is -0.382 e. The fourth-order valence-corrected chi connectivity index (χ4v) is 1.85. The Morgan fingerprint density at radius 1 is 1.12 bits per heavy atom. The van der Waals surface area contributed by atoms with Gasteiger partial charge in [0.25, 0.3) is 0 Å². The zero-order chi connectivity index (χ0) is 12.4. The van der Waals surface area contributed by atoms with E-state index in [4.69, 9.17) is 11.6 Å². The van der Waals surface area contributed by atoms with Crippen molar-refractivity contribution in [3.63, 3.8) is 0 Å². The van der Waals surface area contributed by atoms with Gasteiger partial charge in [-0.3, -0.25) is 0 Å². The summed E-state index contributed by atoms with van der Waals surface area (Å²) in [6.45, 7) is 4.14. The first kappa shape index (κ1) is 11.5. The van der Waals surface area contributed by atoms with Crippen molar-refractivity contribution in [2.45, 2.75) is 26.7 Å². The van der Waals surface area contributed by atoms with Crippen LogP contribution < -0.4 is 11.6 Å². The van der Waals surface area contributed by atoms with Gasteiger partial charge in [-0.2, -0.15) is 0 Å². The van der Waals surface area contributed by atoms with Crippen LogP contribution in [0.1, 0.15) is 25.2 Å². The van der Waals surface area contributed by atoms with E-state index in [2.05, 4.69) is 24.0 Å². The Hall–Kier alpha value is -1.97. The Labute approximate surface area is 101 Å².